The van der Waals surface area contributed by atoms with Crippen molar-refractivity contribution in [1.29, 1.82) is 0 Å². The van der Waals surface area contributed by atoms with E-state index < -0.39 is 5.60 Å². The van der Waals surface area contributed by atoms with Crippen LogP contribution in [0, 0.1) is 5.41 Å². The molecule has 1 unspecified atom stereocenters. The first-order chi connectivity index (χ1) is 7.99. The third-order valence-corrected chi connectivity index (χ3v) is 5.12. The molecule has 1 aliphatic carbocycles. The van der Waals surface area contributed by atoms with Crippen molar-refractivity contribution in [1.82, 2.24) is 0 Å². The molecule has 1 nitrogen and oxygen atoms in total. The highest BCUT2D eigenvalue weighted by molar-refractivity contribution is 7.09. The predicted molar refractivity (Wildman–Crippen MR) is 74.5 cm³/mol. The van der Waals surface area contributed by atoms with Crippen molar-refractivity contribution in [2.24, 2.45) is 5.41 Å². The molecular weight excluding hydrogens is 228 g/mol. The number of hydrogen-bond donors (Lipinski definition) is 1. The molecule has 1 atom stereocenters. The van der Waals surface area contributed by atoms with Gasteiger partial charge in [0.05, 0.1) is 5.60 Å². The Morgan fingerprint density at radius 3 is 2.76 bits per heavy atom. The molecule has 0 aromatic carbocycles. The van der Waals surface area contributed by atoms with Gasteiger partial charge in [0.25, 0.3) is 0 Å². The summed E-state index contributed by atoms with van der Waals surface area (Å²) in [4.78, 5) is 1.40. The Bertz CT molecular complexity index is 342. The number of aryl methyl sites for hydroxylation is 1. The molecule has 0 radical (unpaired) electrons. The van der Waals surface area contributed by atoms with Gasteiger partial charge < -0.3 is 5.11 Å². The smallest absolute Gasteiger partial charge is 0.0651 e. The summed E-state index contributed by atoms with van der Waals surface area (Å²) in [5, 5.41) is 12.8. The molecule has 0 amide bonds. The normalized spacial score (nSPS) is 28.9. The van der Waals surface area contributed by atoms with Gasteiger partial charge in [0.1, 0.15) is 0 Å². The molecule has 2 heteroatoms. The highest BCUT2D eigenvalue weighted by Gasteiger charge is 2.33. The lowest BCUT2D eigenvalue weighted by Gasteiger charge is -2.27. The second-order valence-electron chi connectivity index (χ2n) is 6.32. The van der Waals surface area contributed by atoms with E-state index in [1.54, 1.807) is 11.3 Å². The van der Waals surface area contributed by atoms with Gasteiger partial charge in [-0.2, -0.15) is 0 Å². The van der Waals surface area contributed by atoms with Crippen LogP contribution < -0.4 is 0 Å². The Labute approximate surface area is 109 Å². The lowest BCUT2D eigenvalue weighted by molar-refractivity contribution is 0.0144. The van der Waals surface area contributed by atoms with Crippen LogP contribution in [0.1, 0.15) is 57.2 Å². The second-order valence-corrected chi connectivity index (χ2v) is 7.35. The average Bonchev–Trinajstić information content (AvgIpc) is 2.72. The Morgan fingerprint density at radius 1 is 1.24 bits per heavy atom. The summed E-state index contributed by atoms with van der Waals surface area (Å²) in [6.45, 7) is 4.66. The fourth-order valence-electron chi connectivity index (χ4n) is 2.78. The van der Waals surface area contributed by atoms with Gasteiger partial charge in [0.2, 0.25) is 0 Å². The molecule has 1 aromatic rings. The molecule has 0 spiro atoms. The van der Waals surface area contributed by atoms with Crippen LogP contribution in [0.5, 0.6) is 0 Å². The van der Waals surface area contributed by atoms with Gasteiger partial charge in [-0.1, -0.05) is 26.3 Å². The van der Waals surface area contributed by atoms with Gasteiger partial charge in [-0.15, -0.1) is 11.3 Å². The first kappa shape index (κ1) is 13.1. The Kier molecular flexibility index (Phi) is 3.94. The zero-order chi connectivity index (χ0) is 12.4. The first-order valence-corrected chi connectivity index (χ1v) is 7.62. The highest BCUT2D eigenvalue weighted by atomic mass is 32.1. The van der Waals surface area contributed by atoms with E-state index in [0.717, 1.165) is 32.1 Å². The molecule has 0 bridgehead atoms. The molecule has 17 heavy (non-hydrogen) atoms. The van der Waals surface area contributed by atoms with Gasteiger partial charge in [0.15, 0.2) is 0 Å². The van der Waals surface area contributed by atoms with Gasteiger partial charge in [-0.25, -0.2) is 0 Å². The van der Waals surface area contributed by atoms with E-state index in [9.17, 15) is 5.11 Å². The molecule has 1 saturated carbocycles. The molecule has 1 heterocycles. The molecule has 1 fully saturated rings. The molecule has 1 aliphatic rings. The van der Waals surface area contributed by atoms with Gasteiger partial charge in [0, 0.05) is 4.88 Å². The van der Waals surface area contributed by atoms with Gasteiger partial charge >= 0.3 is 0 Å². The summed E-state index contributed by atoms with van der Waals surface area (Å²) < 4.78 is 0. The van der Waals surface area contributed by atoms with Crippen LogP contribution in [-0.2, 0) is 6.42 Å². The maximum atomic E-state index is 10.7. The maximum absolute atomic E-state index is 10.7. The van der Waals surface area contributed by atoms with Crippen LogP contribution in [0.15, 0.2) is 17.5 Å². The van der Waals surface area contributed by atoms with Crippen molar-refractivity contribution in [3.8, 4) is 0 Å². The third-order valence-electron chi connectivity index (χ3n) is 4.18. The summed E-state index contributed by atoms with van der Waals surface area (Å²) in [6, 6.07) is 4.27. The topological polar surface area (TPSA) is 20.2 Å². The quantitative estimate of drug-likeness (QED) is 0.790. The van der Waals surface area contributed by atoms with Crippen molar-refractivity contribution in [3.63, 3.8) is 0 Å². The van der Waals surface area contributed by atoms with Crippen LogP contribution in [0.3, 0.4) is 0 Å². The summed E-state index contributed by atoms with van der Waals surface area (Å²) >= 11 is 1.80. The summed E-state index contributed by atoms with van der Waals surface area (Å²) in [7, 11) is 0. The molecule has 96 valence electrons. The Balaban J connectivity index is 1.90. The minimum atomic E-state index is -0.405. The Morgan fingerprint density at radius 2 is 2.06 bits per heavy atom. The number of aliphatic hydroxyl groups is 1. The average molecular weight is 252 g/mol. The van der Waals surface area contributed by atoms with E-state index in [1.165, 1.54) is 17.7 Å². The fourth-order valence-corrected chi connectivity index (χ4v) is 3.49. The lowest BCUT2D eigenvalue weighted by Crippen LogP contribution is -2.28. The summed E-state index contributed by atoms with van der Waals surface area (Å²) in [5.74, 6) is 0. The van der Waals surface area contributed by atoms with Gasteiger partial charge in [-0.05, 0) is 55.4 Å². The number of hydrogen-bond acceptors (Lipinski definition) is 2. The molecule has 1 N–H and O–H groups in total. The van der Waals surface area contributed by atoms with E-state index in [4.69, 9.17) is 0 Å². The zero-order valence-electron chi connectivity index (χ0n) is 11.0. The molecule has 2 rings (SSSR count). The van der Waals surface area contributed by atoms with E-state index in [2.05, 4.69) is 31.4 Å². The van der Waals surface area contributed by atoms with Crippen LogP contribution in [0.4, 0.5) is 0 Å². The minimum absolute atomic E-state index is 0.405. The molecule has 0 saturated heterocycles. The zero-order valence-corrected chi connectivity index (χ0v) is 11.9. The third kappa shape index (κ3) is 3.82. The summed E-state index contributed by atoms with van der Waals surface area (Å²) in [5.41, 5.74) is 0.0190. The van der Waals surface area contributed by atoms with Crippen molar-refractivity contribution in [2.75, 3.05) is 0 Å². The monoisotopic (exact) mass is 252 g/mol. The van der Waals surface area contributed by atoms with Gasteiger partial charge in [-0.3, -0.25) is 0 Å². The van der Waals surface area contributed by atoms with Crippen molar-refractivity contribution in [2.45, 2.75) is 64.4 Å². The maximum Gasteiger partial charge on any atom is 0.0651 e. The summed E-state index contributed by atoms with van der Waals surface area (Å²) in [6.07, 6.45) is 7.53. The van der Waals surface area contributed by atoms with Crippen LogP contribution >= 0.6 is 11.3 Å². The van der Waals surface area contributed by atoms with E-state index >= 15 is 0 Å². The standard InChI is InChI=1S/C15H24OS/c1-14(2)7-4-8-15(16,11-10-14)9-6-13-5-3-12-17-13/h3,5,12,16H,4,6-11H2,1-2H3. The van der Waals surface area contributed by atoms with E-state index in [0.29, 0.717) is 5.41 Å². The first-order valence-electron chi connectivity index (χ1n) is 6.74. The van der Waals surface area contributed by atoms with E-state index in [-0.39, 0.29) is 0 Å². The van der Waals surface area contributed by atoms with E-state index in [1.807, 2.05) is 0 Å². The van der Waals surface area contributed by atoms with Crippen LogP contribution in [0.25, 0.3) is 0 Å². The highest BCUT2D eigenvalue weighted by Crippen LogP contribution is 2.39. The number of thiophene rings is 1. The largest absolute Gasteiger partial charge is 0.390 e. The van der Waals surface area contributed by atoms with Crippen LogP contribution in [-0.4, -0.2) is 10.7 Å². The van der Waals surface area contributed by atoms with Crippen LogP contribution in [0.2, 0.25) is 0 Å². The lowest BCUT2D eigenvalue weighted by atomic mass is 9.83. The minimum Gasteiger partial charge on any atom is -0.390 e. The molecular formula is C15H24OS. The number of rotatable bonds is 3. The fraction of sp³-hybridized carbons (Fsp3) is 0.733. The SMILES string of the molecule is CC1(C)CCCC(O)(CCc2cccs2)CC1. The molecule has 0 aliphatic heterocycles. The molecule has 1 aromatic heterocycles. The Hall–Kier alpha value is -0.340. The van der Waals surface area contributed by atoms with Crippen molar-refractivity contribution < 1.29 is 5.11 Å². The predicted octanol–water partition coefficient (Wildman–Crippen LogP) is 4.40. The van der Waals surface area contributed by atoms with Crippen molar-refractivity contribution in [3.05, 3.63) is 22.4 Å². The second kappa shape index (κ2) is 5.11. The van der Waals surface area contributed by atoms with Crippen molar-refractivity contribution >= 4 is 11.3 Å².